The molecule has 1 saturated heterocycles. The molecule has 1 fully saturated rings. The number of likely N-dealkylation sites (tertiary alicyclic amines) is 1. The number of rotatable bonds is 3. The van der Waals surface area contributed by atoms with Crippen LogP contribution in [0.3, 0.4) is 0 Å². The molecular weight excluding hydrogens is 268 g/mol. The van der Waals surface area contributed by atoms with Gasteiger partial charge >= 0.3 is 0 Å². The fraction of sp³-hybridized carbons (Fsp3) is 0.462. The van der Waals surface area contributed by atoms with Crippen molar-refractivity contribution in [3.63, 3.8) is 0 Å². The average Bonchev–Trinajstić information content (AvgIpc) is 2.46. The second-order valence-electron chi connectivity index (χ2n) is 4.61. The van der Waals surface area contributed by atoms with Crippen LogP contribution in [0.1, 0.15) is 29.6 Å². The van der Waals surface area contributed by atoms with Gasteiger partial charge in [-0.1, -0.05) is 0 Å². The van der Waals surface area contributed by atoms with Gasteiger partial charge in [-0.3, -0.25) is 14.9 Å². The molecule has 2 rings (SSSR count). The SMILES string of the molecule is O=C(c1ccc([N+](=O)[O-])cc1)N1CCCCC1CCl. The van der Waals surface area contributed by atoms with E-state index in [0.717, 1.165) is 19.3 Å². The molecular formula is C13H15ClN2O3. The lowest BCUT2D eigenvalue weighted by atomic mass is 10.0. The van der Waals surface area contributed by atoms with Crippen LogP contribution in [0.25, 0.3) is 0 Å². The molecule has 1 heterocycles. The number of alkyl halides is 1. The van der Waals surface area contributed by atoms with Crippen molar-refractivity contribution in [1.29, 1.82) is 0 Å². The first-order chi connectivity index (χ1) is 9.13. The average molecular weight is 283 g/mol. The number of carbonyl (C=O) groups excluding carboxylic acids is 1. The van der Waals surface area contributed by atoms with Crippen molar-refractivity contribution >= 4 is 23.2 Å². The van der Waals surface area contributed by atoms with E-state index < -0.39 is 4.92 Å². The van der Waals surface area contributed by atoms with Crippen LogP contribution in [0.4, 0.5) is 5.69 Å². The van der Waals surface area contributed by atoms with E-state index in [1.54, 1.807) is 4.90 Å². The summed E-state index contributed by atoms with van der Waals surface area (Å²) >= 11 is 5.89. The highest BCUT2D eigenvalue weighted by Crippen LogP contribution is 2.21. The second-order valence-corrected chi connectivity index (χ2v) is 4.92. The van der Waals surface area contributed by atoms with E-state index in [1.165, 1.54) is 24.3 Å². The monoisotopic (exact) mass is 282 g/mol. The summed E-state index contributed by atoms with van der Waals surface area (Å²) in [6.07, 6.45) is 2.98. The molecule has 0 N–H and O–H groups in total. The summed E-state index contributed by atoms with van der Waals surface area (Å²) in [4.78, 5) is 24.2. The van der Waals surface area contributed by atoms with Gasteiger partial charge in [-0.15, -0.1) is 11.6 Å². The molecule has 19 heavy (non-hydrogen) atoms. The fourth-order valence-electron chi connectivity index (χ4n) is 2.32. The number of carbonyl (C=O) groups is 1. The maximum Gasteiger partial charge on any atom is 0.269 e. The van der Waals surface area contributed by atoms with Crippen molar-refractivity contribution in [2.75, 3.05) is 12.4 Å². The number of nitro benzene ring substituents is 1. The van der Waals surface area contributed by atoms with Crippen molar-refractivity contribution in [2.45, 2.75) is 25.3 Å². The number of amides is 1. The van der Waals surface area contributed by atoms with E-state index in [-0.39, 0.29) is 17.6 Å². The van der Waals surface area contributed by atoms with E-state index >= 15 is 0 Å². The molecule has 1 aliphatic rings. The number of piperidine rings is 1. The topological polar surface area (TPSA) is 63.4 Å². The van der Waals surface area contributed by atoms with Crippen LogP contribution >= 0.6 is 11.6 Å². The summed E-state index contributed by atoms with van der Waals surface area (Å²) in [5, 5.41) is 10.6. The zero-order valence-corrected chi connectivity index (χ0v) is 11.2. The van der Waals surface area contributed by atoms with Gasteiger partial charge in [0.05, 0.1) is 4.92 Å². The van der Waals surface area contributed by atoms with E-state index in [2.05, 4.69) is 0 Å². The zero-order chi connectivity index (χ0) is 13.8. The summed E-state index contributed by atoms with van der Waals surface area (Å²) in [5.74, 6) is 0.332. The zero-order valence-electron chi connectivity index (χ0n) is 10.4. The molecule has 5 nitrogen and oxygen atoms in total. The number of hydrogen-bond acceptors (Lipinski definition) is 3. The van der Waals surface area contributed by atoms with Crippen LogP contribution in [0.5, 0.6) is 0 Å². The molecule has 1 amide bonds. The Morgan fingerprint density at radius 2 is 2.05 bits per heavy atom. The van der Waals surface area contributed by atoms with E-state index in [9.17, 15) is 14.9 Å². The standard InChI is InChI=1S/C13H15ClN2O3/c14-9-12-3-1-2-8-15(12)13(17)10-4-6-11(7-5-10)16(18)19/h4-7,12H,1-3,8-9H2. The molecule has 102 valence electrons. The lowest BCUT2D eigenvalue weighted by molar-refractivity contribution is -0.384. The van der Waals surface area contributed by atoms with Crippen LogP contribution in [0.15, 0.2) is 24.3 Å². The number of hydrogen-bond donors (Lipinski definition) is 0. The summed E-state index contributed by atoms with van der Waals surface area (Å²) in [5.41, 5.74) is 0.465. The second kappa shape index (κ2) is 6.02. The van der Waals surface area contributed by atoms with Gasteiger partial charge in [-0.05, 0) is 31.4 Å². The summed E-state index contributed by atoms with van der Waals surface area (Å²) in [6, 6.07) is 5.78. The normalized spacial score (nSPS) is 19.2. The summed E-state index contributed by atoms with van der Waals surface area (Å²) < 4.78 is 0. The first-order valence-electron chi connectivity index (χ1n) is 6.25. The minimum absolute atomic E-state index is 0.0101. The van der Waals surface area contributed by atoms with Crippen molar-refractivity contribution in [3.05, 3.63) is 39.9 Å². The Morgan fingerprint density at radius 1 is 1.37 bits per heavy atom. The highest BCUT2D eigenvalue weighted by atomic mass is 35.5. The third-order valence-corrected chi connectivity index (χ3v) is 3.75. The van der Waals surface area contributed by atoms with Gasteiger partial charge in [0.1, 0.15) is 0 Å². The van der Waals surface area contributed by atoms with Crippen molar-refractivity contribution in [3.8, 4) is 0 Å². The maximum atomic E-state index is 12.3. The molecule has 1 aromatic rings. The third kappa shape index (κ3) is 3.04. The summed E-state index contributed by atoms with van der Waals surface area (Å²) in [6.45, 7) is 0.702. The van der Waals surface area contributed by atoms with Gasteiger partial charge in [0, 0.05) is 36.2 Å². The Labute approximate surface area is 116 Å². The predicted octanol–water partition coefficient (Wildman–Crippen LogP) is 2.83. The van der Waals surface area contributed by atoms with Gasteiger partial charge < -0.3 is 4.90 Å². The van der Waals surface area contributed by atoms with Gasteiger partial charge in [0.25, 0.3) is 11.6 Å². The number of halogens is 1. The first-order valence-corrected chi connectivity index (χ1v) is 6.78. The Kier molecular flexibility index (Phi) is 4.37. The molecule has 0 aliphatic carbocycles. The Hall–Kier alpha value is -1.62. The molecule has 0 aromatic heterocycles. The minimum Gasteiger partial charge on any atom is -0.334 e. The van der Waals surface area contributed by atoms with E-state index in [1.807, 2.05) is 0 Å². The quantitative estimate of drug-likeness (QED) is 0.486. The molecule has 0 radical (unpaired) electrons. The highest BCUT2D eigenvalue weighted by molar-refractivity contribution is 6.18. The van der Waals surface area contributed by atoms with E-state index in [4.69, 9.17) is 11.6 Å². The van der Waals surface area contributed by atoms with Crippen molar-refractivity contribution in [2.24, 2.45) is 0 Å². The van der Waals surface area contributed by atoms with Crippen molar-refractivity contribution < 1.29 is 9.72 Å². The number of non-ortho nitro benzene ring substituents is 1. The molecule has 1 aliphatic heterocycles. The molecule has 6 heteroatoms. The molecule has 1 atom stereocenters. The van der Waals surface area contributed by atoms with E-state index in [0.29, 0.717) is 18.0 Å². The number of benzene rings is 1. The lowest BCUT2D eigenvalue weighted by Crippen LogP contribution is -2.44. The summed E-state index contributed by atoms with van der Waals surface area (Å²) in [7, 11) is 0. The highest BCUT2D eigenvalue weighted by Gasteiger charge is 2.26. The van der Waals surface area contributed by atoms with Crippen molar-refractivity contribution in [1.82, 2.24) is 4.90 Å². The fourth-order valence-corrected chi connectivity index (χ4v) is 2.64. The third-order valence-electron chi connectivity index (χ3n) is 3.39. The first kappa shape index (κ1) is 13.8. The van der Waals surface area contributed by atoms with Crippen LogP contribution in [0, 0.1) is 10.1 Å². The van der Waals surface area contributed by atoms with Crippen LogP contribution < -0.4 is 0 Å². The largest absolute Gasteiger partial charge is 0.334 e. The Morgan fingerprint density at radius 3 is 2.63 bits per heavy atom. The van der Waals surface area contributed by atoms with Crippen LogP contribution in [0.2, 0.25) is 0 Å². The van der Waals surface area contributed by atoms with Gasteiger partial charge in [0.2, 0.25) is 0 Å². The van der Waals surface area contributed by atoms with Gasteiger partial charge in [0.15, 0.2) is 0 Å². The molecule has 0 saturated carbocycles. The smallest absolute Gasteiger partial charge is 0.269 e. The lowest BCUT2D eigenvalue weighted by Gasteiger charge is -2.34. The maximum absolute atomic E-state index is 12.3. The molecule has 1 unspecified atom stereocenters. The molecule has 0 spiro atoms. The predicted molar refractivity (Wildman–Crippen MR) is 72.5 cm³/mol. The van der Waals surface area contributed by atoms with Crippen LogP contribution in [-0.2, 0) is 0 Å². The molecule has 0 bridgehead atoms. The Balaban J connectivity index is 2.16. The Bertz CT molecular complexity index is 475. The minimum atomic E-state index is -0.475. The van der Waals surface area contributed by atoms with Gasteiger partial charge in [-0.2, -0.15) is 0 Å². The van der Waals surface area contributed by atoms with Crippen LogP contribution in [-0.4, -0.2) is 34.2 Å². The number of nitro groups is 1. The number of nitrogens with zero attached hydrogens (tertiary/aromatic N) is 2. The van der Waals surface area contributed by atoms with Gasteiger partial charge in [-0.25, -0.2) is 0 Å². The molecule has 1 aromatic carbocycles.